The summed E-state index contributed by atoms with van der Waals surface area (Å²) in [4.78, 5) is 14.1. The summed E-state index contributed by atoms with van der Waals surface area (Å²) in [5.41, 5.74) is 1.12. The number of carbonyl (C=O) groups is 1. The van der Waals surface area contributed by atoms with Gasteiger partial charge in [0, 0.05) is 25.2 Å². The Morgan fingerprint density at radius 2 is 2.35 bits per heavy atom. The monoisotopic (exact) mass is 229 g/mol. The second-order valence-electron chi connectivity index (χ2n) is 4.10. The number of likely N-dealkylation sites (N-methyl/N-ethyl adjacent to an activating group) is 1. The second kappa shape index (κ2) is 4.98. The van der Waals surface area contributed by atoms with Crippen LogP contribution in [0.25, 0.3) is 0 Å². The van der Waals surface area contributed by atoms with Crippen molar-refractivity contribution in [3.05, 3.63) is 35.4 Å². The SMILES string of the molecule is CCN(C(=O)c1cccc(C#N)c1)C1CNC1. The average molecular weight is 229 g/mol. The highest BCUT2D eigenvalue weighted by Crippen LogP contribution is 2.12. The van der Waals surface area contributed by atoms with Crippen molar-refractivity contribution in [2.75, 3.05) is 19.6 Å². The van der Waals surface area contributed by atoms with Crippen LogP contribution in [0.2, 0.25) is 0 Å². The number of hydrogen-bond donors (Lipinski definition) is 1. The number of carbonyl (C=O) groups excluding carboxylic acids is 1. The first-order valence-electron chi connectivity index (χ1n) is 5.78. The first kappa shape index (κ1) is 11.6. The maximum absolute atomic E-state index is 12.3. The third kappa shape index (κ3) is 2.29. The van der Waals surface area contributed by atoms with E-state index >= 15 is 0 Å². The van der Waals surface area contributed by atoms with Crippen LogP contribution in [-0.4, -0.2) is 36.5 Å². The van der Waals surface area contributed by atoms with Gasteiger partial charge in [0.15, 0.2) is 0 Å². The standard InChI is InChI=1S/C13H15N3O/c1-2-16(12-8-15-9-12)13(17)11-5-3-4-10(6-11)7-14/h3-6,12,15H,2,8-9H2,1H3. The van der Waals surface area contributed by atoms with Crippen molar-refractivity contribution in [1.29, 1.82) is 5.26 Å². The van der Waals surface area contributed by atoms with E-state index in [-0.39, 0.29) is 5.91 Å². The van der Waals surface area contributed by atoms with E-state index in [0.717, 1.165) is 13.1 Å². The Morgan fingerprint density at radius 1 is 1.59 bits per heavy atom. The molecule has 1 aromatic rings. The fourth-order valence-electron chi connectivity index (χ4n) is 1.95. The molecule has 1 amide bonds. The Morgan fingerprint density at radius 3 is 2.88 bits per heavy atom. The highest BCUT2D eigenvalue weighted by Gasteiger charge is 2.27. The summed E-state index contributed by atoms with van der Waals surface area (Å²) in [6, 6.07) is 9.21. The zero-order chi connectivity index (χ0) is 12.3. The van der Waals surface area contributed by atoms with Crippen molar-refractivity contribution < 1.29 is 4.79 Å². The van der Waals surface area contributed by atoms with Gasteiger partial charge in [-0.1, -0.05) is 6.07 Å². The Labute approximate surface area is 101 Å². The molecule has 0 aliphatic carbocycles. The predicted molar refractivity (Wildman–Crippen MR) is 64.5 cm³/mol. The van der Waals surface area contributed by atoms with E-state index in [1.165, 1.54) is 0 Å². The summed E-state index contributed by atoms with van der Waals surface area (Å²) >= 11 is 0. The molecule has 0 aromatic heterocycles. The Bertz CT molecular complexity index is 460. The lowest BCUT2D eigenvalue weighted by Gasteiger charge is -2.37. The lowest BCUT2D eigenvalue weighted by molar-refractivity contribution is 0.0630. The van der Waals surface area contributed by atoms with Crippen LogP contribution in [0.4, 0.5) is 0 Å². The second-order valence-corrected chi connectivity index (χ2v) is 4.10. The van der Waals surface area contributed by atoms with E-state index in [2.05, 4.69) is 11.4 Å². The number of nitriles is 1. The average Bonchev–Trinajstić information content (AvgIpc) is 2.32. The van der Waals surface area contributed by atoms with E-state index in [1.54, 1.807) is 24.3 Å². The van der Waals surface area contributed by atoms with Crippen LogP contribution in [0.1, 0.15) is 22.8 Å². The molecule has 0 atom stereocenters. The molecule has 1 aromatic carbocycles. The van der Waals surface area contributed by atoms with E-state index in [1.807, 2.05) is 11.8 Å². The first-order chi connectivity index (χ1) is 8.26. The van der Waals surface area contributed by atoms with E-state index in [4.69, 9.17) is 5.26 Å². The summed E-state index contributed by atoms with van der Waals surface area (Å²) in [5.74, 6) is 0.0103. The van der Waals surface area contributed by atoms with Gasteiger partial charge in [-0.3, -0.25) is 4.79 Å². The number of hydrogen-bond acceptors (Lipinski definition) is 3. The van der Waals surface area contributed by atoms with Gasteiger partial charge >= 0.3 is 0 Å². The third-order valence-electron chi connectivity index (χ3n) is 3.04. The maximum Gasteiger partial charge on any atom is 0.254 e. The molecular weight excluding hydrogens is 214 g/mol. The fourth-order valence-corrected chi connectivity index (χ4v) is 1.95. The largest absolute Gasteiger partial charge is 0.333 e. The topological polar surface area (TPSA) is 56.1 Å². The van der Waals surface area contributed by atoms with Gasteiger partial charge in [0.1, 0.15) is 0 Å². The van der Waals surface area contributed by atoms with Crippen molar-refractivity contribution in [3.8, 4) is 6.07 Å². The molecule has 1 saturated heterocycles. The number of amides is 1. The van der Waals surface area contributed by atoms with Gasteiger partial charge in [-0.2, -0.15) is 5.26 Å². The lowest BCUT2D eigenvalue weighted by atomic mass is 10.1. The van der Waals surface area contributed by atoms with Gasteiger partial charge in [0.2, 0.25) is 0 Å². The summed E-state index contributed by atoms with van der Waals surface area (Å²) in [7, 11) is 0. The van der Waals surface area contributed by atoms with Crippen LogP contribution in [-0.2, 0) is 0 Å². The number of benzene rings is 1. The van der Waals surface area contributed by atoms with Gasteiger partial charge in [-0.05, 0) is 25.1 Å². The molecule has 1 N–H and O–H groups in total. The van der Waals surface area contributed by atoms with Crippen LogP contribution >= 0.6 is 0 Å². The Hall–Kier alpha value is -1.86. The summed E-state index contributed by atoms with van der Waals surface area (Å²) in [5, 5.41) is 12.0. The molecule has 17 heavy (non-hydrogen) atoms. The van der Waals surface area contributed by atoms with E-state index in [9.17, 15) is 4.79 Å². The molecule has 0 unspecified atom stereocenters. The summed E-state index contributed by atoms with van der Waals surface area (Å²) in [6.45, 7) is 4.39. The van der Waals surface area contributed by atoms with Gasteiger partial charge in [0.05, 0.1) is 17.7 Å². The molecule has 2 rings (SSSR count). The van der Waals surface area contributed by atoms with Crippen molar-refractivity contribution >= 4 is 5.91 Å². The molecular formula is C13H15N3O. The molecule has 0 radical (unpaired) electrons. The minimum Gasteiger partial charge on any atom is -0.333 e. The summed E-state index contributed by atoms with van der Waals surface area (Å²) < 4.78 is 0. The molecule has 4 heteroatoms. The zero-order valence-corrected chi connectivity index (χ0v) is 9.81. The molecule has 0 bridgehead atoms. The van der Waals surface area contributed by atoms with Crippen molar-refractivity contribution in [2.45, 2.75) is 13.0 Å². The Balaban J connectivity index is 2.19. The smallest absolute Gasteiger partial charge is 0.254 e. The highest BCUT2D eigenvalue weighted by molar-refractivity contribution is 5.94. The van der Waals surface area contributed by atoms with Gasteiger partial charge in [0.25, 0.3) is 5.91 Å². The zero-order valence-electron chi connectivity index (χ0n) is 9.81. The minimum absolute atomic E-state index is 0.0103. The molecule has 1 aliphatic heterocycles. The van der Waals surface area contributed by atoms with Crippen LogP contribution in [0, 0.1) is 11.3 Å². The minimum atomic E-state index is 0.0103. The highest BCUT2D eigenvalue weighted by atomic mass is 16.2. The quantitative estimate of drug-likeness (QED) is 0.841. The van der Waals surface area contributed by atoms with Crippen molar-refractivity contribution in [3.63, 3.8) is 0 Å². The van der Waals surface area contributed by atoms with Crippen LogP contribution in [0.15, 0.2) is 24.3 Å². The van der Waals surface area contributed by atoms with Gasteiger partial charge < -0.3 is 10.2 Å². The normalized spacial score (nSPS) is 14.8. The molecule has 4 nitrogen and oxygen atoms in total. The molecule has 88 valence electrons. The van der Waals surface area contributed by atoms with Crippen LogP contribution < -0.4 is 5.32 Å². The van der Waals surface area contributed by atoms with Gasteiger partial charge in [-0.25, -0.2) is 0 Å². The first-order valence-corrected chi connectivity index (χ1v) is 5.78. The van der Waals surface area contributed by atoms with Crippen LogP contribution in [0.5, 0.6) is 0 Å². The number of nitrogens with zero attached hydrogens (tertiary/aromatic N) is 2. The van der Waals surface area contributed by atoms with Crippen molar-refractivity contribution in [2.24, 2.45) is 0 Å². The maximum atomic E-state index is 12.3. The van der Waals surface area contributed by atoms with Crippen LogP contribution in [0.3, 0.4) is 0 Å². The van der Waals surface area contributed by atoms with E-state index in [0.29, 0.717) is 23.7 Å². The molecule has 1 aliphatic rings. The Kier molecular flexibility index (Phi) is 3.40. The van der Waals surface area contributed by atoms with Crippen molar-refractivity contribution in [1.82, 2.24) is 10.2 Å². The fraction of sp³-hybridized carbons (Fsp3) is 0.385. The third-order valence-corrected chi connectivity index (χ3v) is 3.04. The predicted octanol–water partition coefficient (Wildman–Crippen LogP) is 0.992. The number of rotatable bonds is 3. The lowest BCUT2D eigenvalue weighted by Crippen LogP contribution is -2.58. The molecule has 1 heterocycles. The molecule has 1 fully saturated rings. The number of nitrogens with one attached hydrogen (secondary N) is 1. The molecule has 0 saturated carbocycles. The van der Waals surface area contributed by atoms with E-state index < -0.39 is 0 Å². The summed E-state index contributed by atoms with van der Waals surface area (Å²) in [6.07, 6.45) is 0. The molecule has 0 spiro atoms. The van der Waals surface area contributed by atoms with Gasteiger partial charge in [-0.15, -0.1) is 0 Å².